The van der Waals surface area contributed by atoms with Crippen LogP contribution in [-0.4, -0.2) is 7.11 Å². The Morgan fingerprint density at radius 2 is 1.96 bits per heavy atom. The van der Waals surface area contributed by atoms with Gasteiger partial charge in [0.2, 0.25) is 0 Å². The molecule has 2 nitrogen and oxygen atoms in total. The molecule has 2 unspecified atom stereocenters. The van der Waals surface area contributed by atoms with E-state index in [0.717, 1.165) is 24.2 Å². The molecular formula is C21H25FO2. The minimum Gasteiger partial charge on any atom is -0.489 e. The van der Waals surface area contributed by atoms with E-state index in [-0.39, 0.29) is 18.5 Å². The van der Waals surface area contributed by atoms with Crippen LogP contribution in [0.15, 0.2) is 30.3 Å². The number of aryl methyl sites for hydroxylation is 1. The SMILES string of the molecule is COC1c2c(C)c(OCc3ccccc3F)cc(C)c2CCC1C. The maximum atomic E-state index is 13.8. The summed E-state index contributed by atoms with van der Waals surface area (Å²) in [5.41, 5.74) is 5.57. The average Bonchev–Trinajstić information content (AvgIpc) is 2.57. The van der Waals surface area contributed by atoms with E-state index in [1.165, 1.54) is 22.8 Å². The second-order valence-electron chi connectivity index (χ2n) is 6.76. The molecule has 3 rings (SSSR count). The first-order chi connectivity index (χ1) is 11.5. The third-order valence-corrected chi connectivity index (χ3v) is 5.17. The Morgan fingerprint density at radius 1 is 1.21 bits per heavy atom. The standard InChI is InChI=1S/C21H25FO2/c1-13-9-10-17-14(2)11-19(15(3)20(17)21(13)23-4)24-12-16-7-5-6-8-18(16)22/h5-8,11,13,21H,9-10,12H2,1-4H3. The Kier molecular flexibility index (Phi) is 4.91. The summed E-state index contributed by atoms with van der Waals surface area (Å²) >= 11 is 0. The van der Waals surface area contributed by atoms with Crippen molar-refractivity contribution in [2.24, 2.45) is 5.92 Å². The highest BCUT2D eigenvalue weighted by Crippen LogP contribution is 2.42. The molecule has 0 saturated carbocycles. The second kappa shape index (κ2) is 6.94. The van der Waals surface area contributed by atoms with Gasteiger partial charge in [-0.2, -0.15) is 0 Å². The van der Waals surface area contributed by atoms with Crippen LogP contribution >= 0.6 is 0 Å². The second-order valence-corrected chi connectivity index (χ2v) is 6.76. The van der Waals surface area contributed by atoms with Gasteiger partial charge in [0.15, 0.2) is 0 Å². The van der Waals surface area contributed by atoms with Crippen molar-refractivity contribution in [2.45, 2.75) is 46.3 Å². The lowest BCUT2D eigenvalue weighted by Gasteiger charge is -2.33. The Bertz CT molecular complexity index is 739. The molecule has 0 saturated heterocycles. The molecule has 0 radical (unpaired) electrons. The van der Waals surface area contributed by atoms with E-state index in [1.807, 2.05) is 6.07 Å². The van der Waals surface area contributed by atoms with Gasteiger partial charge in [0.25, 0.3) is 0 Å². The van der Waals surface area contributed by atoms with Gasteiger partial charge in [-0.15, -0.1) is 0 Å². The number of benzene rings is 2. The largest absolute Gasteiger partial charge is 0.489 e. The fraction of sp³-hybridized carbons (Fsp3) is 0.429. The predicted molar refractivity (Wildman–Crippen MR) is 93.9 cm³/mol. The molecule has 0 aromatic heterocycles. The lowest BCUT2D eigenvalue weighted by Crippen LogP contribution is -2.22. The van der Waals surface area contributed by atoms with E-state index >= 15 is 0 Å². The Labute approximate surface area is 143 Å². The smallest absolute Gasteiger partial charge is 0.129 e. The summed E-state index contributed by atoms with van der Waals surface area (Å²) in [4.78, 5) is 0. The molecule has 0 bridgehead atoms. The number of hydrogen-bond acceptors (Lipinski definition) is 2. The van der Waals surface area contributed by atoms with Crippen molar-refractivity contribution >= 4 is 0 Å². The van der Waals surface area contributed by atoms with Gasteiger partial charge in [0.1, 0.15) is 18.2 Å². The molecule has 2 aromatic carbocycles. The fourth-order valence-corrected chi connectivity index (χ4v) is 3.76. The van der Waals surface area contributed by atoms with Crippen molar-refractivity contribution in [3.8, 4) is 5.75 Å². The minimum atomic E-state index is -0.228. The van der Waals surface area contributed by atoms with Gasteiger partial charge >= 0.3 is 0 Å². The van der Waals surface area contributed by atoms with Crippen molar-refractivity contribution in [1.82, 2.24) is 0 Å². The summed E-state index contributed by atoms with van der Waals surface area (Å²) in [6, 6.07) is 8.83. The third-order valence-electron chi connectivity index (χ3n) is 5.17. The topological polar surface area (TPSA) is 18.5 Å². The first-order valence-corrected chi connectivity index (χ1v) is 8.55. The molecule has 0 fully saturated rings. The van der Waals surface area contributed by atoms with Gasteiger partial charge in [-0.3, -0.25) is 0 Å². The van der Waals surface area contributed by atoms with Gasteiger partial charge in [-0.05, 0) is 67.0 Å². The molecule has 2 aromatic rings. The van der Waals surface area contributed by atoms with Crippen LogP contribution in [0.25, 0.3) is 0 Å². The van der Waals surface area contributed by atoms with E-state index in [1.54, 1.807) is 19.2 Å². The van der Waals surface area contributed by atoms with Gasteiger partial charge in [0.05, 0.1) is 6.10 Å². The summed E-state index contributed by atoms with van der Waals surface area (Å²) in [5.74, 6) is 1.08. The van der Waals surface area contributed by atoms with Crippen molar-refractivity contribution in [3.63, 3.8) is 0 Å². The van der Waals surface area contributed by atoms with Crippen molar-refractivity contribution in [3.05, 3.63) is 64.0 Å². The predicted octanol–water partition coefficient (Wildman–Crippen LogP) is 5.29. The number of hydrogen-bond donors (Lipinski definition) is 0. The van der Waals surface area contributed by atoms with Crippen LogP contribution in [-0.2, 0) is 17.8 Å². The molecule has 24 heavy (non-hydrogen) atoms. The Balaban J connectivity index is 1.94. The molecule has 1 aliphatic rings. The maximum absolute atomic E-state index is 13.8. The number of rotatable bonds is 4. The molecule has 1 aliphatic carbocycles. The van der Waals surface area contributed by atoms with Crippen LogP contribution in [0.1, 0.15) is 47.3 Å². The van der Waals surface area contributed by atoms with Gasteiger partial charge in [0, 0.05) is 12.7 Å². The molecule has 0 N–H and O–H groups in total. The molecule has 128 valence electrons. The summed E-state index contributed by atoms with van der Waals surface area (Å²) in [6.45, 7) is 6.67. The molecule has 0 amide bonds. The van der Waals surface area contributed by atoms with Crippen LogP contribution < -0.4 is 4.74 Å². The molecule has 2 atom stereocenters. The summed E-state index contributed by atoms with van der Waals surface area (Å²) in [5, 5.41) is 0. The normalized spacial score (nSPS) is 19.9. The monoisotopic (exact) mass is 328 g/mol. The quantitative estimate of drug-likeness (QED) is 0.759. The first kappa shape index (κ1) is 17.0. The number of halogens is 1. The van der Waals surface area contributed by atoms with Crippen LogP contribution in [0, 0.1) is 25.6 Å². The molecule has 3 heteroatoms. The first-order valence-electron chi connectivity index (χ1n) is 8.55. The number of methoxy groups -OCH3 is 1. The van der Waals surface area contributed by atoms with E-state index in [9.17, 15) is 4.39 Å². The maximum Gasteiger partial charge on any atom is 0.129 e. The molecule has 0 heterocycles. The number of fused-ring (bicyclic) bond motifs is 1. The summed E-state index contributed by atoms with van der Waals surface area (Å²) in [7, 11) is 1.78. The molecular weight excluding hydrogens is 303 g/mol. The highest BCUT2D eigenvalue weighted by atomic mass is 19.1. The van der Waals surface area contributed by atoms with Crippen molar-refractivity contribution in [2.75, 3.05) is 7.11 Å². The van der Waals surface area contributed by atoms with E-state index < -0.39 is 0 Å². The minimum absolute atomic E-state index is 0.101. The van der Waals surface area contributed by atoms with Crippen molar-refractivity contribution < 1.29 is 13.9 Å². The summed E-state index contributed by atoms with van der Waals surface area (Å²) in [6.07, 6.45) is 2.32. The fourth-order valence-electron chi connectivity index (χ4n) is 3.76. The number of ether oxygens (including phenoxy) is 2. The molecule has 0 spiro atoms. The van der Waals surface area contributed by atoms with Crippen LogP contribution in [0.3, 0.4) is 0 Å². The van der Waals surface area contributed by atoms with E-state index in [4.69, 9.17) is 9.47 Å². The van der Waals surface area contributed by atoms with E-state index in [2.05, 4.69) is 26.8 Å². The molecule has 0 aliphatic heterocycles. The van der Waals surface area contributed by atoms with Gasteiger partial charge in [-0.25, -0.2) is 4.39 Å². The highest BCUT2D eigenvalue weighted by Gasteiger charge is 2.30. The Hall–Kier alpha value is -1.87. The van der Waals surface area contributed by atoms with Crippen LogP contribution in [0.4, 0.5) is 4.39 Å². The van der Waals surface area contributed by atoms with Gasteiger partial charge in [-0.1, -0.05) is 25.1 Å². The zero-order chi connectivity index (χ0) is 17.3. The van der Waals surface area contributed by atoms with Gasteiger partial charge < -0.3 is 9.47 Å². The van der Waals surface area contributed by atoms with E-state index in [0.29, 0.717) is 11.5 Å². The van der Waals surface area contributed by atoms with Crippen molar-refractivity contribution in [1.29, 1.82) is 0 Å². The third kappa shape index (κ3) is 3.05. The zero-order valence-electron chi connectivity index (χ0n) is 14.9. The lowest BCUT2D eigenvalue weighted by atomic mass is 9.78. The summed E-state index contributed by atoms with van der Waals surface area (Å²) < 4.78 is 25.6. The highest BCUT2D eigenvalue weighted by molar-refractivity contribution is 5.51. The Morgan fingerprint density at radius 3 is 2.67 bits per heavy atom. The van der Waals surface area contributed by atoms with Crippen LogP contribution in [0.5, 0.6) is 5.75 Å². The lowest BCUT2D eigenvalue weighted by molar-refractivity contribution is 0.0470. The zero-order valence-corrected chi connectivity index (χ0v) is 14.9. The average molecular weight is 328 g/mol. The van der Waals surface area contributed by atoms with Crippen LogP contribution in [0.2, 0.25) is 0 Å².